The Balaban J connectivity index is 1.92. The number of hydrogen-bond donors (Lipinski definition) is 4. The number of aliphatic hydroxyl groups excluding tert-OH is 1. The van der Waals surface area contributed by atoms with Crippen LogP contribution in [0.15, 0.2) is 34.5 Å². The predicted octanol–water partition coefficient (Wildman–Crippen LogP) is 5.14. The van der Waals surface area contributed by atoms with Gasteiger partial charge in [-0.15, -0.1) is 11.3 Å². The molecule has 292 valence electrons. The van der Waals surface area contributed by atoms with Gasteiger partial charge in [0.05, 0.1) is 16.6 Å². The monoisotopic (exact) mass is 764 g/mol. The van der Waals surface area contributed by atoms with E-state index < -0.39 is 40.4 Å². The summed E-state index contributed by atoms with van der Waals surface area (Å²) in [7, 11) is -2.16. The third-order valence-electron chi connectivity index (χ3n) is 9.87. The van der Waals surface area contributed by atoms with E-state index in [0.29, 0.717) is 23.7 Å². The molecule has 2 aromatic rings. The van der Waals surface area contributed by atoms with Crippen LogP contribution in [0.1, 0.15) is 122 Å². The zero-order valence-electron chi connectivity index (χ0n) is 31.8. The number of piperidine rings is 1. The number of nitrogens with one attached hydrogen (secondary N) is 2. The molecule has 1 fully saturated rings. The van der Waals surface area contributed by atoms with E-state index in [1.54, 1.807) is 0 Å². The summed E-state index contributed by atoms with van der Waals surface area (Å²) in [6, 6.07) is 4.14. The van der Waals surface area contributed by atoms with E-state index in [1.165, 1.54) is 36.6 Å². The number of benzene rings is 1. The molecule has 6 atom stereocenters. The number of anilines is 1. The van der Waals surface area contributed by atoms with Crippen LogP contribution >= 0.6 is 11.3 Å². The number of aromatic nitrogens is 1. The Morgan fingerprint density at radius 1 is 1.12 bits per heavy atom. The van der Waals surface area contributed by atoms with Gasteiger partial charge in [-0.2, -0.15) is 4.72 Å². The number of hydrogen-bond acceptors (Lipinski definition) is 11. The van der Waals surface area contributed by atoms with Crippen molar-refractivity contribution in [2.24, 2.45) is 11.8 Å². The number of thiazole rings is 1. The maximum absolute atomic E-state index is 14.7. The maximum atomic E-state index is 14.7. The Morgan fingerprint density at radius 3 is 2.40 bits per heavy atom. The molecule has 0 bridgehead atoms. The highest BCUT2D eigenvalue weighted by Gasteiger charge is 2.38. The van der Waals surface area contributed by atoms with Crippen LogP contribution in [0.4, 0.5) is 5.69 Å². The van der Waals surface area contributed by atoms with Gasteiger partial charge in [0.25, 0.3) is 0 Å². The van der Waals surface area contributed by atoms with E-state index >= 15 is 0 Å². The van der Waals surface area contributed by atoms with Gasteiger partial charge in [-0.05, 0) is 69.0 Å². The summed E-state index contributed by atoms with van der Waals surface area (Å²) < 4.78 is 33.9. The molecule has 1 saturated heterocycles. The van der Waals surface area contributed by atoms with Crippen LogP contribution in [0, 0.1) is 11.8 Å². The van der Waals surface area contributed by atoms with E-state index in [0.717, 1.165) is 62.8 Å². The van der Waals surface area contributed by atoms with Crippen LogP contribution in [0.2, 0.25) is 0 Å². The average Bonchev–Trinajstić information content (AvgIpc) is 3.59. The van der Waals surface area contributed by atoms with Crippen LogP contribution in [-0.4, -0.2) is 84.4 Å². The number of aliphatic hydroxyl groups is 1. The second-order valence-electron chi connectivity index (χ2n) is 14.3. The van der Waals surface area contributed by atoms with Crippen molar-refractivity contribution in [1.29, 1.82) is 0 Å². The second-order valence-corrected chi connectivity index (χ2v) is 16.9. The van der Waals surface area contributed by atoms with Crippen LogP contribution in [0.25, 0.3) is 0 Å². The quantitative estimate of drug-likeness (QED) is 0.0610. The molecule has 0 spiro atoms. The summed E-state index contributed by atoms with van der Waals surface area (Å²) >= 11 is 1.12. The van der Waals surface area contributed by atoms with Gasteiger partial charge in [-0.1, -0.05) is 66.7 Å². The minimum absolute atomic E-state index is 0.0389. The first-order valence-electron chi connectivity index (χ1n) is 18.6. The van der Waals surface area contributed by atoms with E-state index in [-0.39, 0.29) is 46.7 Å². The molecule has 2 heterocycles. The molecule has 15 heteroatoms. The number of likely N-dealkylation sites (N-methyl/N-ethyl adjacent to an activating group) is 1. The lowest BCUT2D eigenvalue weighted by Gasteiger charge is -2.40. The molecule has 5 N–H and O–H groups in total. The van der Waals surface area contributed by atoms with E-state index in [9.17, 15) is 27.9 Å². The molecule has 1 aromatic heterocycles. The third-order valence-corrected chi connectivity index (χ3v) is 12.3. The fourth-order valence-electron chi connectivity index (χ4n) is 6.54. The molecular weight excluding hydrogens is 705 g/mol. The number of nitrogen functional groups attached to an aromatic ring is 1. The lowest BCUT2D eigenvalue weighted by atomic mass is 9.91. The van der Waals surface area contributed by atoms with E-state index in [2.05, 4.69) is 26.8 Å². The molecule has 0 radical (unpaired) electrons. The number of carbonyl (C=O) groups is 3. The zero-order valence-corrected chi connectivity index (χ0v) is 33.5. The van der Waals surface area contributed by atoms with Crippen molar-refractivity contribution in [3.63, 3.8) is 0 Å². The number of unbranched alkanes of at least 4 members (excludes halogenated alkanes) is 3. The Hall–Kier alpha value is -3.11. The molecule has 0 saturated carbocycles. The van der Waals surface area contributed by atoms with Crippen LogP contribution in [0.3, 0.4) is 0 Å². The number of carbonyl (C=O) groups excluding carboxylic acids is 3. The number of nitrogens with zero attached hydrogens (tertiary/aromatic N) is 3. The van der Waals surface area contributed by atoms with Gasteiger partial charge in [-0.25, -0.2) is 13.4 Å². The smallest absolute Gasteiger partial charge is 0.303 e. The van der Waals surface area contributed by atoms with Gasteiger partial charge < -0.3 is 25.8 Å². The molecular formula is C37H60N6O7S2. The Kier molecular flexibility index (Phi) is 17.0. The molecule has 2 amide bonds. The summed E-state index contributed by atoms with van der Waals surface area (Å²) in [5.74, 6) is -1.03. The number of rotatable bonds is 20. The van der Waals surface area contributed by atoms with Gasteiger partial charge in [0.1, 0.15) is 11.0 Å². The molecule has 1 aliphatic heterocycles. The number of likely N-dealkylation sites (tertiary alicyclic amines) is 1. The van der Waals surface area contributed by atoms with Gasteiger partial charge in [0, 0.05) is 37.0 Å². The average molecular weight is 765 g/mol. The first-order valence-corrected chi connectivity index (χ1v) is 20.9. The first-order chi connectivity index (χ1) is 24.6. The third kappa shape index (κ3) is 12.2. The summed E-state index contributed by atoms with van der Waals surface area (Å²) in [4.78, 5) is 49.2. The highest BCUT2D eigenvalue weighted by molar-refractivity contribution is 7.89. The van der Waals surface area contributed by atoms with Gasteiger partial charge in [0.2, 0.25) is 21.8 Å². The summed E-state index contributed by atoms with van der Waals surface area (Å²) in [5.41, 5.74) is 6.12. The molecule has 52 heavy (non-hydrogen) atoms. The van der Waals surface area contributed by atoms with E-state index in [1.807, 2.05) is 39.6 Å². The molecule has 13 nitrogen and oxygen atoms in total. The summed E-state index contributed by atoms with van der Waals surface area (Å²) in [5, 5.41) is 15.9. The number of ether oxygens (including phenoxy) is 1. The normalized spacial score (nSPS) is 18.3. The van der Waals surface area contributed by atoms with Crippen molar-refractivity contribution >= 4 is 44.8 Å². The molecule has 1 aliphatic rings. The fraction of sp³-hybridized carbons (Fsp3) is 0.676. The van der Waals surface area contributed by atoms with Crippen molar-refractivity contribution < 1.29 is 32.6 Å². The standard InChI is InChI=1S/C37H60N6O7S2/c1-8-10-11-13-21-43(37(47)33(25(5)9-2)40-35(46)30-15-12-14-20-42(30)7)31(24(3)4)22-32(50-26(6)44)36-39-29(23-51-36)34(45)41-52(48,49)28-18-16-27(38)17-19-28/h16-19,23-25,30-34,41,45H,8-15,20-22,38H2,1-7H3,(H,40,46)/t25-,30+,31+,32+,33-,34?/m0/s1. The van der Waals surface area contributed by atoms with Crippen molar-refractivity contribution in [3.05, 3.63) is 40.3 Å². The van der Waals surface area contributed by atoms with Crippen LogP contribution in [0.5, 0.6) is 0 Å². The minimum atomic E-state index is -4.11. The van der Waals surface area contributed by atoms with Crippen LogP contribution < -0.4 is 15.8 Å². The number of nitrogens with two attached hydrogens (primary N) is 1. The van der Waals surface area contributed by atoms with Gasteiger partial charge in [0.15, 0.2) is 12.3 Å². The highest BCUT2D eigenvalue weighted by atomic mass is 32.2. The lowest BCUT2D eigenvalue weighted by molar-refractivity contribution is -0.149. The van der Waals surface area contributed by atoms with Crippen molar-refractivity contribution in [3.8, 4) is 0 Å². The minimum Gasteiger partial charge on any atom is -0.455 e. The van der Waals surface area contributed by atoms with Crippen LogP contribution in [-0.2, 0) is 29.1 Å². The van der Waals surface area contributed by atoms with Gasteiger partial charge >= 0.3 is 5.97 Å². The van der Waals surface area contributed by atoms with E-state index in [4.69, 9.17) is 10.5 Å². The Morgan fingerprint density at radius 2 is 1.81 bits per heavy atom. The van der Waals surface area contributed by atoms with Crippen molar-refractivity contribution in [1.82, 2.24) is 24.8 Å². The first kappa shape index (κ1) is 43.3. The summed E-state index contributed by atoms with van der Waals surface area (Å²) in [6.07, 6.45) is 4.86. The zero-order chi connectivity index (χ0) is 38.6. The summed E-state index contributed by atoms with van der Waals surface area (Å²) in [6.45, 7) is 12.7. The Labute approximate surface area is 314 Å². The largest absolute Gasteiger partial charge is 0.455 e. The molecule has 1 unspecified atom stereocenters. The lowest BCUT2D eigenvalue weighted by Crippen LogP contribution is -2.59. The van der Waals surface area contributed by atoms with Crippen molar-refractivity contribution in [2.45, 2.75) is 135 Å². The SMILES string of the molecule is CCCCCCN(C(=O)[C@@H](NC(=O)[C@H]1CCCCN1C)[C@@H](C)CC)[C@H](C[C@@H](OC(C)=O)c1nc(C(O)NS(=O)(=O)c2ccc(N)cc2)cs1)C(C)C. The number of sulfonamides is 1. The fourth-order valence-corrected chi connectivity index (χ4v) is 8.46. The molecule has 3 rings (SSSR count). The van der Waals surface area contributed by atoms with Crippen molar-refractivity contribution in [2.75, 3.05) is 25.9 Å². The predicted molar refractivity (Wildman–Crippen MR) is 204 cm³/mol. The van der Waals surface area contributed by atoms with Gasteiger partial charge in [-0.3, -0.25) is 19.3 Å². The second kappa shape index (κ2) is 20.4. The topological polar surface area (TPSA) is 184 Å². The number of amides is 2. The highest BCUT2D eigenvalue weighted by Crippen LogP contribution is 2.33. The molecule has 0 aliphatic carbocycles. The number of esters is 1. The maximum Gasteiger partial charge on any atom is 0.303 e. The molecule has 1 aromatic carbocycles. The Bertz CT molecular complexity index is 1550.